The van der Waals surface area contributed by atoms with Gasteiger partial charge >= 0.3 is 5.97 Å². The molecule has 0 aliphatic heterocycles. The summed E-state index contributed by atoms with van der Waals surface area (Å²) in [4.78, 5) is 11.0. The lowest BCUT2D eigenvalue weighted by Gasteiger charge is -2.30. The van der Waals surface area contributed by atoms with Gasteiger partial charge < -0.3 is 15.2 Å². The van der Waals surface area contributed by atoms with Gasteiger partial charge in [-0.2, -0.15) is 0 Å². The summed E-state index contributed by atoms with van der Waals surface area (Å²) in [6.45, 7) is 4.41. The van der Waals surface area contributed by atoms with E-state index in [1.165, 1.54) is 19.2 Å². The maximum atomic E-state index is 13.7. The number of benzene rings is 1. The second-order valence-electron chi connectivity index (χ2n) is 4.68. The second kappa shape index (κ2) is 6.52. The van der Waals surface area contributed by atoms with Crippen molar-refractivity contribution < 1.29 is 19.0 Å². The Hall–Kier alpha value is -1.62. The molecule has 5 heteroatoms. The third kappa shape index (κ3) is 3.92. The number of methoxy groups -OCH3 is 1. The molecule has 2 N–H and O–H groups in total. The van der Waals surface area contributed by atoms with Crippen LogP contribution in [0.15, 0.2) is 18.2 Å². The Balaban J connectivity index is 3.09. The van der Waals surface area contributed by atoms with Gasteiger partial charge in [-0.3, -0.25) is 4.79 Å². The van der Waals surface area contributed by atoms with Gasteiger partial charge in [-0.05, 0) is 37.6 Å². The topological polar surface area (TPSA) is 58.6 Å². The van der Waals surface area contributed by atoms with Crippen LogP contribution in [0.4, 0.5) is 4.39 Å². The molecule has 19 heavy (non-hydrogen) atoms. The van der Waals surface area contributed by atoms with Crippen LogP contribution >= 0.6 is 0 Å². The Kier molecular flexibility index (Phi) is 5.30. The summed E-state index contributed by atoms with van der Waals surface area (Å²) in [6.07, 6.45) is 0.757. The predicted octanol–water partition coefficient (Wildman–Crippen LogP) is 2.52. The fourth-order valence-corrected chi connectivity index (χ4v) is 1.98. The molecular formula is C14H20FNO3. The highest BCUT2D eigenvalue weighted by atomic mass is 19.1. The number of rotatable bonds is 7. The van der Waals surface area contributed by atoms with E-state index in [4.69, 9.17) is 9.84 Å². The zero-order chi connectivity index (χ0) is 14.5. The third-order valence-corrected chi connectivity index (χ3v) is 3.06. The van der Waals surface area contributed by atoms with Gasteiger partial charge in [-0.25, -0.2) is 4.39 Å². The molecule has 1 unspecified atom stereocenters. The zero-order valence-electron chi connectivity index (χ0n) is 11.5. The van der Waals surface area contributed by atoms with E-state index in [0.29, 0.717) is 12.1 Å². The average Bonchev–Trinajstić information content (AvgIpc) is 2.35. The van der Waals surface area contributed by atoms with Gasteiger partial charge in [0.05, 0.1) is 19.1 Å². The number of halogens is 1. The number of ether oxygens (including phenoxy) is 1. The zero-order valence-corrected chi connectivity index (χ0v) is 11.5. The van der Waals surface area contributed by atoms with Crippen LogP contribution in [0.2, 0.25) is 0 Å². The number of nitrogens with one attached hydrogen (secondary N) is 1. The summed E-state index contributed by atoms with van der Waals surface area (Å²) in [5.74, 6) is -1.27. The van der Waals surface area contributed by atoms with Crippen LogP contribution in [0.3, 0.4) is 0 Å². The van der Waals surface area contributed by atoms with Gasteiger partial charge in [0.25, 0.3) is 0 Å². The Morgan fingerprint density at radius 3 is 2.68 bits per heavy atom. The fourth-order valence-electron chi connectivity index (χ4n) is 1.98. The van der Waals surface area contributed by atoms with Crippen LogP contribution in [-0.2, 0) is 10.3 Å². The minimum Gasteiger partial charge on any atom is -0.494 e. The van der Waals surface area contributed by atoms with E-state index < -0.39 is 17.3 Å². The molecule has 106 valence electrons. The van der Waals surface area contributed by atoms with Crippen LogP contribution in [0.1, 0.15) is 32.3 Å². The van der Waals surface area contributed by atoms with E-state index in [9.17, 15) is 9.18 Å². The molecule has 1 aromatic carbocycles. The minimum atomic E-state index is -0.928. The first kappa shape index (κ1) is 15.4. The van der Waals surface area contributed by atoms with Gasteiger partial charge in [-0.15, -0.1) is 0 Å². The molecule has 0 aliphatic rings. The third-order valence-electron chi connectivity index (χ3n) is 3.06. The standard InChI is InChI=1S/C14H20FNO3/c1-4-7-16-14(2,9-13(17)18)10-5-6-12(19-3)11(15)8-10/h5-6,8,16H,4,7,9H2,1-3H3,(H,17,18). The van der Waals surface area contributed by atoms with E-state index >= 15 is 0 Å². The van der Waals surface area contributed by atoms with Gasteiger partial charge in [0.15, 0.2) is 11.6 Å². The molecule has 0 amide bonds. The van der Waals surface area contributed by atoms with E-state index in [2.05, 4.69) is 5.32 Å². The molecule has 4 nitrogen and oxygen atoms in total. The Labute approximate surface area is 112 Å². The maximum absolute atomic E-state index is 13.7. The average molecular weight is 269 g/mol. The smallest absolute Gasteiger partial charge is 0.305 e. The van der Waals surface area contributed by atoms with Crippen molar-refractivity contribution in [2.24, 2.45) is 0 Å². The highest BCUT2D eigenvalue weighted by Crippen LogP contribution is 2.28. The molecule has 0 fully saturated rings. The second-order valence-corrected chi connectivity index (χ2v) is 4.68. The minimum absolute atomic E-state index is 0.112. The summed E-state index contributed by atoms with van der Waals surface area (Å²) in [6, 6.07) is 4.52. The molecule has 0 saturated heterocycles. The molecular weight excluding hydrogens is 249 g/mol. The molecule has 0 bridgehead atoms. The van der Waals surface area contributed by atoms with E-state index in [1.807, 2.05) is 6.92 Å². The van der Waals surface area contributed by atoms with Crippen molar-refractivity contribution in [2.45, 2.75) is 32.2 Å². The van der Waals surface area contributed by atoms with Gasteiger partial charge in [0.2, 0.25) is 0 Å². The van der Waals surface area contributed by atoms with Crippen molar-refractivity contribution in [3.8, 4) is 5.75 Å². The SMILES string of the molecule is CCCNC(C)(CC(=O)O)c1ccc(OC)c(F)c1. The number of hydrogen-bond acceptors (Lipinski definition) is 3. The van der Waals surface area contributed by atoms with Crippen molar-refractivity contribution in [1.29, 1.82) is 0 Å². The lowest BCUT2D eigenvalue weighted by molar-refractivity contribution is -0.138. The molecule has 0 aromatic heterocycles. The highest BCUT2D eigenvalue weighted by Gasteiger charge is 2.29. The normalized spacial score (nSPS) is 13.9. The maximum Gasteiger partial charge on any atom is 0.305 e. The fraction of sp³-hybridized carbons (Fsp3) is 0.500. The number of hydrogen-bond donors (Lipinski definition) is 2. The van der Waals surface area contributed by atoms with Crippen molar-refractivity contribution in [1.82, 2.24) is 5.32 Å². The van der Waals surface area contributed by atoms with Crippen molar-refractivity contribution in [3.05, 3.63) is 29.6 Å². The van der Waals surface area contributed by atoms with Crippen LogP contribution in [0.25, 0.3) is 0 Å². The van der Waals surface area contributed by atoms with Gasteiger partial charge in [-0.1, -0.05) is 13.0 Å². The van der Waals surface area contributed by atoms with Crippen LogP contribution in [-0.4, -0.2) is 24.7 Å². The van der Waals surface area contributed by atoms with E-state index in [1.54, 1.807) is 13.0 Å². The summed E-state index contributed by atoms with van der Waals surface area (Å²) in [5, 5.41) is 12.2. The van der Waals surface area contributed by atoms with Crippen LogP contribution < -0.4 is 10.1 Å². The molecule has 0 heterocycles. The van der Waals surface area contributed by atoms with E-state index in [0.717, 1.165) is 6.42 Å². The van der Waals surface area contributed by atoms with Gasteiger partial charge in [0, 0.05) is 0 Å². The quantitative estimate of drug-likeness (QED) is 0.798. The first-order valence-electron chi connectivity index (χ1n) is 6.23. The molecule has 0 radical (unpaired) electrons. The Morgan fingerprint density at radius 1 is 1.53 bits per heavy atom. The van der Waals surface area contributed by atoms with Crippen molar-refractivity contribution in [2.75, 3.05) is 13.7 Å². The number of aliphatic carboxylic acids is 1. The summed E-state index contributed by atoms with van der Waals surface area (Å²) in [7, 11) is 1.39. The molecule has 1 rings (SSSR count). The molecule has 1 atom stereocenters. The van der Waals surface area contributed by atoms with Crippen molar-refractivity contribution >= 4 is 5.97 Å². The molecule has 1 aromatic rings. The molecule has 0 aliphatic carbocycles. The number of carbonyl (C=O) groups is 1. The summed E-state index contributed by atoms with van der Waals surface area (Å²) >= 11 is 0. The van der Waals surface area contributed by atoms with E-state index in [-0.39, 0.29) is 12.2 Å². The highest BCUT2D eigenvalue weighted by molar-refractivity contribution is 5.69. The van der Waals surface area contributed by atoms with Crippen LogP contribution in [0.5, 0.6) is 5.75 Å². The number of carboxylic acid groups (broad SMARTS) is 1. The first-order chi connectivity index (χ1) is 8.92. The number of carboxylic acids is 1. The Morgan fingerprint density at radius 2 is 2.21 bits per heavy atom. The summed E-state index contributed by atoms with van der Waals surface area (Å²) in [5.41, 5.74) is -0.198. The lowest BCUT2D eigenvalue weighted by Crippen LogP contribution is -2.42. The lowest BCUT2D eigenvalue weighted by atomic mass is 9.88. The van der Waals surface area contributed by atoms with Crippen molar-refractivity contribution in [3.63, 3.8) is 0 Å². The summed E-state index contributed by atoms with van der Waals surface area (Å²) < 4.78 is 18.6. The largest absolute Gasteiger partial charge is 0.494 e. The Bertz CT molecular complexity index is 450. The predicted molar refractivity (Wildman–Crippen MR) is 70.9 cm³/mol. The molecule has 0 saturated carbocycles. The molecule has 0 spiro atoms. The van der Waals surface area contributed by atoms with Gasteiger partial charge in [0.1, 0.15) is 0 Å². The monoisotopic (exact) mass is 269 g/mol. The van der Waals surface area contributed by atoms with Crippen LogP contribution in [0, 0.1) is 5.82 Å². The first-order valence-corrected chi connectivity index (χ1v) is 6.23.